The quantitative estimate of drug-likeness (QED) is 0.591. The van der Waals surface area contributed by atoms with Crippen LogP contribution in [0.4, 0.5) is 0 Å². The van der Waals surface area contributed by atoms with Crippen molar-refractivity contribution in [1.82, 2.24) is 14.8 Å². The maximum atomic E-state index is 12.9. The summed E-state index contributed by atoms with van der Waals surface area (Å²) in [6.07, 6.45) is 4.96. The van der Waals surface area contributed by atoms with Gasteiger partial charge in [0.2, 0.25) is 5.91 Å². The molecule has 174 valence electrons. The van der Waals surface area contributed by atoms with Gasteiger partial charge in [-0.15, -0.1) is 0 Å². The molecule has 1 saturated heterocycles. The molecule has 1 atom stereocenters. The fraction of sp³-hybridized carbons (Fsp3) is 0.538. The number of piperidine rings is 1. The summed E-state index contributed by atoms with van der Waals surface area (Å²) in [6, 6.07) is 10.5. The van der Waals surface area contributed by atoms with Crippen LogP contribution in [0, 0.1) is 13.8 Å². The van der Waals surface area contributed by atoms with Gasteiger partial charge in [-0.25, -0.2) is 4.79 Å². The molecule has 1 fully saturated rings. The Morgan fingerprint density at radius 2 is 1.88 bits per heavy atom. The number of likely N-dealkylation sites (tertiary alicyclic amines) is 1. The van der Waals surface area contributed by atoms with E-state index in [0.717, 1.165) is 42.0 Å². The first-order valence-corrected chi connectivity index (χ1v) is 11.9. The molecular weight excluding hydrogens is 402 g/mol. The number of nitrogens with one attached hydrogen (secondary N) is 1. The zero-order chi connectivity index (χ0) is 23.1. The second-order valence-corrected chi connectivity index (χ2v) is 8.55. The normalized spacial score (nSPS) is 16.7. The van der Waals surface area contributed by atoms with Crippen LogP contribution in [0.5, 0.6) is 0 Å². The van der Waals surface area contributed by atoms with Crippen LogP contribution < -0.4 is 5.32 Å². The smallest absolute Gasteiger partial charge is 0.340 e. The van der Waals surface area contributed by atoms with E-state index in [-0.39, 0.29) is 18.4 Å². The third kappa shape index (κ3) is 5.41. The van der Waals surface area contributed by atoms with Crippen LogP contribution in [0.3, 0.4) is 0 Å². The summed E-state index contributed by atoms with van der Waals surface area (Å²) in [5.41, 5.74) is 4.03. The van der Waals surface area contributed by atoms with Crippen LogP contribution in [-0.2, 0) is 16.1 Å². The molecule has 1 aromatic carbocycles. The topological polar surface area (TPSA) is 63.6 Å². The lowest BCUT2D eigenvalue weighted by molar-refractivity contribution is -0.121. The molecule has 2 aromatic rings. The third-order valence-corrected chi connectivity index (χ3v) is 6.54. The van der Waals surface area contributed by atoms with Crippen molar-refractivity contribution in [3.8, 4) is 11.3 Å². The molecule has 1 aliphatic rings. The predicted octanol–water partition coefficient (Wildman–Crippen LogP) is 4.33. The number of aromatic nitrogens is 1. The van der Waals surface area contributed by atoms with Gasteiger partial charge in [-0.1, -0.05) is 43.7 Å². The van der Waals surface area contributed by atoms with E-state index in [0.29, 0.717) is 24.8 Å². The molecule has 6 nitrogen and oxygen atoms in total. The Morgan fingerprint density at radius 1 is 1.12 bits per heavy atom. The number of hydrogen-bond donors (Lipinski definition) is 1. The van der Waals surface area contributed by atoms with Crippen LogP contribution in [0.25, 0.3) is 11.3 Å². The highest BCUT2D eigenvalue weighted by molar-refractivity contribution is 5.95. The van der Waals surface area contributed by atoms with E-state index in [2.05, 4.69) is 17.1 Å². The molecule has 6 heteroatoms. The molecule has 32 heavy (non-hydrogen) atoms. The first kappa shape index (κ1) is 24.1. The Kier molecular flexibility index (Phi) is 8.51. The molecule has 3 rings (SSSR count). The molecular formula is C26H37N3O3. The molecule has 0 unspecified atom stereocenters. The second-order valence-electron chi connectivity index (χ2n) is 8.55. The van der Waals surface area contributed by atoms with E-state index in [4.69, 9.17) is 4.74 Å². The van der Waals surface area contributed by atoms with Gasteiger partial charge >= 0.3 is 5.97 Å². The highest BCUT2D eigenvalue weighted by atomic mass is 16.5. The van der Waals surface area contributed by atoms with Crippen molar-refractivity contribution in [3.63, 3.8) is 0 Å². The summed E-state index contributed by atoms with van der Waals surface area (Å²) in [7, 11) is 0. The Labute approximate surface area is 191 Å². The largest absolute Gasteiger partial charge is 0.462 e. The SMILES string of the molecule is CCOC(=O)c1c(C)c(-c2ccccc2)n(CC(=O)NCCN2CCCC[C@H]2CC)c1C. The summed E-state index contributed by atoms with van der Waals surface area (Å²) in [4.78, 5) is 28.0. The minimum atomic E-state index is -0.338. The number of carbonyl (C=O) groups excluding carboxylic acids is 2. The summed E-state index contributed by atoms with van der Waals surface area (Å²) in [5.74, 6) is -0.379. The number of benzene rings is 1. The van der Waals surface area contributed by atoms with Gasteiger partial charge in [0.25, 0.3) is 0 Å². The Morgan fingerprint density at radius 3 is 2.56 bits per heavy atom. The molecule has 0 saturated carbocycles. The molecule has 0 aliphatic carbocycles. The number of rotatable bonds is 9. The van der Waals surface area contributed by atoms with Crippen LogP contribution in [0.15, 0.2) is 30.3 Å². The number of ether oxygens (including phenoxy) is 1. The van der Waals surface area contributed by atoms with Crippen LogP contribution in [-0.4, -0.2) is 53.6 Å². The molecule has 1 amide bonds. The number of carbonyl (C=O) groups is 2. The van der Waals surface area contributed by atoms with Gasteiger partial charge in [0, 0.05) is 24.8 Å². The van der Waals surface area contributed by atoms with E-state index < -0.39 is 0 Å². The van der Waals surface area contributed by atoms with Gasteiger partial charge < -0.3 is 14.6 Å². The van der Waals surface area contributed by atoms with Crippen LogP contribution in [0.2, 0.25) is 0 Å². The van der Waals surface area contributed by atoms with Crippen molar-refractivity contribution in [1.29, 1.82) is 0 Å². The average Bonchev–Trinajstić information content (AvgIpc) is 3.04. The van der Waals surface area contributed by atoms with Gasteiger partial charge in [-0.3, -0.25) is 9.69 Å². The van der Waals surface area contributed by atoms with E-state index >= 15 is 0 Å². The van der Waals surface area contributed by atoms with Crippen molar-refractivity contribution in [2.24, 2.45) is 0 Å². The second kappa shape index (κ2) is 11.3. The highest BCUT2D eigenvalue weighted by Crippen LogP contribution is 2.31. The maximum Gasteiger partial charge on any atom is 0.340 e. The number of esters is 1. The van der Waals surface area contributed by atoms with Crippen LogP contribution in [0.1, 0.15) is 61.1 Å². The van der Waals surface area contributed by atoms with Crippen molar-refractivity contribution >= 4 is 11.9 Å². The number of hydrogen-bond acceptors (Lipinski definition) is 4. The number of amides is 1. The summed E-state index contributed by atoms with van der Waals surface area (Å²) in [5, 5.41) is 3.09. The Bertz CT molecular complexity index is 920. The van der Waals surface area contributed by atoms with E-state index in [9.17, 15) is 9.59 Å². The summed E-state index contributed by atoms with van der Waals surface area (Å²) < 4.78 is 7.24. The van der Waals surface area contributed by atoms with E-state index in [1.165, 1.54) is 19.3 Å². The minimum absolute atomic E-state index is 0.0410. The Hall–Kier alpha value is -2.60. The first-order valence-electron chi connectivity index (χ1n) is 11.9. The first-order chi connectivity index (χ1) is 15.5. The fourth-order valence-corrected chi connectivity index (χ4v) is 4.92. The lowest BCUT2D eigenvalue weighted by Gasteiger charge is -2.35. The molecule has 1 N–H and O–H groups in total. The molecule has 0 spiro atoms. The third-order valence-electron chi connectivity index (χ3n) is 6.54. The minimum Gasteiger partial charge on any atom is -0.462 e. The monoisotopic (exact) mass is 439 g/mol. The van der Waals surface area contributed by atoms with Crippen molar-refractivity contribution in [2.75, 3.05) is 26.2 Å². The van der Waals surface area contributed by atoms with Crippen molar-refractivity contribution in [3.05, 3.63) is 47.2 Å². The zero-order valence-electron chi connectivity index (χ0n) is 19.9. The molecule has 2 heterocycles. The lowest BCUT2D eigenvalue weighted by Crippen LogP contribution is -2.44. The van der Waals surface area contributed by atoms with Gasteiger partial charge in [-0.2, -0.15) is 0 Å². The standard InChI is InChI=1S/C26H37N3O3/c1-5-22-14-10-11-16-28(22)17-15-27-23(30)18-29-20(4)24(26(31)32-6-2)19(3)25(29)21-12-8-7-9-13-21/h7-9,12-13,22H,5-6,10-11,14-18H2,1-4H3,(H,27,30)/t22-/m1/s1. The molecule has 1 aromatic heterocycles. The van der Waals surface area contributed by atoms with Gasteiger partial charge in [-0.05, 0) is 57.7 Å². The zero-order valence-corrected chi connectivity index (χ0v) is 19.9. The average molecular weight is 440 g/mol. The van der Waals surface area contributed by atoms with Crippen LogP contribution >= 0.6 is 0 Å². The molecule has 0 radical (unpaired) electrons. The Balaban J connectivity index is 1.76. The van der Waals surface area contributed by atoms with E-state index in [1.54, 1.807) is 6.92 Å². The van der Waals surface area contributed by atoms with E-state index in [1.807, 2.05) is 48.7 Å². The predicted molar refractivity (Wildman–Crippen MR) is 128 cm³/mol. The lowest BCUT2D eigenvalue weighted by atomic mass is 10.0. The van der Waals surface area contributed by atoms with Gasteiger partial charge in [0.15, 0.2) is 0 Å². The maximum absolute atomic E-state index is 12.9. The number of nitrogens with zero attached hydrogens (tertiary/aromatic N) is 2. The van der Waals surface area contributed by atoms with Crippen molar-refractivity contribution in [2.45, 2.75) is 66.0 Å². The molecule has 1 aliphatic heterocycles. The van der Waals surface area contributed by atoms with Crippen molar-refractivity contribution < 1.29 is 14.3 Å². The van der Waals surface area contributed by atoms with Gasteiger partial charge in [0.1, 0.15) is 6.54 Å². The fourth-order valence-electron chi connectivity index (χ4n) is 4.92. The summed E-state index contributed by atoms with van der Waals surface area (Å²) >= 11 is 0. The summed E-state index contributed by atoms with van der Waals surface area (Å²) in [6.45, 7) is 11.0. The molecule has 0 bridgehead atoms. The van der Waals surface area contributed by atoms with Gasteiger partial charge in [0.05, 0.1) is 17.9 Å². The highest BCUT2D eigenvalue weighted by Gasteiger charge is 2.25.